The minimum absolute atomic E-state index is 0.0353. The average molecular weight is 333 g/mol. The minimum atomic E-state index is -0.149. The zero-order chi connectivity index (χ0) is 15.5. The quantitative estimate of drug-likeness (QED) is 0.753. The number of aliphatic hydroxyl groups excluding tert-OH is 1. The summed E-state index contributed by atoms with van der Waals surface area (Å²) in [6.45, 7) is 2.21. The molecule has 0 aromatic carbocycles. The average Bonchev–Trinajstić information content (AvgIpc) is 3.20. The topological polar surface area (TPSA) is 67.2 Å². The van der Waals surface area contributed by atoms with Gasteiger partial charge in [-0.2, -0.15) is 5.10 Å². The first-order valence-corrected chi connectivity index (χ1v) is 8.53. The van der Waals surface area contributed by atoms with E-state index >= 15 is 0 Å². The van der Waals surface area contributed by atoms with Crippen LogP contribution in [-0.4, -0.2) is 27.4 Å². The Balaban J connectivity index is 1.89. The molecule has 3 aromatic rings. The molecule has 1 amide bonds. The summed E-state index contributed by atoms with van der Waals surface area (Å²) in [5, 5.41) is 20.4. The second-order valence-corrected chi connectivity index (χ2v) is 6.59. The number of aliphatic hydroxyl groups is 1. The zero-order valence-corrected chi connectivity index (χ0v) is 13.6. The van der Waals surface area contributed by atoms with Gasteiger partial charge < -0.3 is 10.4 Å². The van der Waals surface area contributed by atoms with Gasteiger partial charge in [0.1, 0.15) is 11.5 Å². The molecule has 0 aliphatic carbocycles. The van der Waals surface area contributed by atoms with E-state index in [4.69, 9.17) is 0 Å². The van der Waals surface area contributed by atoms with Gasteiger partial charge in [0.05, 0.1) is 22.9 Å². The maximum Gasteiger partial charge on any atom is 0.267 e. The largest absolute Gasteiger partial charge is 0.394 e. The van der Waals surface area contributed by atoms with Crippen LogP contribution in [0.2, 0.25) is 0 Å². The lowest BCUT2D eigenvalue weighted by molar-refractivity contribution is 0.102. The molecule has 0 saturated heterocycles. The molecule has 0 aliphatic heterocycles. The third kappa shape index (κ3) is 2.96. The van der Waals surface area contributed by atoms with Gasteiger partial charge in [0, 0.05) is 6.07 Å². The molecule has 22 heavy (non-hydrogen) atoms. The fourth-order valence-electron chi connectivity index (χ4n) is 2.11. The number of anilines is 1. The summed E-state index contributed by atoms with van der Waals surface area (Å²) in [7, 11) is 0. The highest BCUT2D eigenvalue weighted by Gasteiger charge is 2.15. The maximum absolute atomic E-state index is 12.3. The highest BCUT2D eigenvalue weighted by Crippen LogP contribution is 2.27. The molecule has 5 nitrogen and oxygen atoms in total. The Morgan fingerprint density at radius 2 is 2.23 bits per heavy atom. The summed E-state index contributed by atoms with van der Waals surface area (Å²) in [4.78, 5) is 14.1. The molecule has 0 radical (unpaired) electrons. The van der Waals surface area contributed by atoms with Crippen LogP contribution in [0.15, 0.2) is 35.0 Å². The van der Waals surface area contributed by atoms with Crippen LogP contribution in [0.5, 0.6) is 0 Å². The van der Waals surface area contributed by atoms with Crippen LogP contribution in [0.1, 0.15) is 15.2 Å². The van der Waals surface area contributed by atoms with Crippen molar-refractivity contribution in [2.75, 3.05) is 11.9 Å². The molecular weight excluding hydrogens is 318 g/mol. The third-order valence-corrected chi connectivity index (χ3v) is 5.08. The highest BCUT2D eigenvalue weighted by molar-refractivity contribution is 7.13. The van der Waals surface area contributed by atoms with Crippen molar-refractivity contribution in [3.8, 4) is 10.6 Å². The highest BCUT2D eigenvalue weighted by atomic mass is 32.1. The summed E-state index contributed by atoms with van der Waals surface area (Å²) in [5.41, 5.74) is 1.75. The van der Waals surface area contributed by atoms with E-state index in [0.29, 0.717) is 17.2 Å². The van der Waals surface area contributed by atoms with Gasteiger partial charge in [0.15, 0.2) is 0 Å². The van der Waals surface area contributed by atoms with Gasteiger partial charge in [-0.15, -0.1) is 22.7 Å². The Labute approximate surface area is 135 Å². The number of hydrogen-bond acceptors (Lipinski definition) is 5. The fraction of sp³-hybridized carbons (Fsp3) is 0.200. The van der Waals surface area contributed by atoms with Crippen molar-refractivity contribution < 1.29 is 9.90 Å². The van der Waals surface area contributed by atoms with Crippen LogP contribution in [0.4, 0.5) is 5.82 Å². The molecule has 0 bridgehead atoms. The summed E-state index contributed by atoms with van der Waals surface area (Å²) < 4.78 is 1.62. The summed E-state index contributed by atoms with van der Waals surface area (Å²) in [6.07, 6.45) is 0. The Morgan fingerprint density at radius 3 is 2.86 bits per heavy atom. The molecule has 0 aliphatic rings. The first kappa shape index (κ1) is 15.0. The Hall–Kier alpha value is -1.96. The predicted molar refractivity (Wildman–Crippen MR) is 89.6 cm³/mol. The van der Waals surface area contributed by atoms with E-state index in [1.54, 1.807) is 16.0 Å². The van der Waals surface area contributed by atoms with Gasteiger partial charge in [-0.05, 0) is 35.4 Å². The Morgan fingerprint density at radius 1 is 1.36 bits per heavy atom. The molecule has 3 heterocycles. The molecule has 3 rings (SSSR count). The van der Waals surface area contributed by atoms with Crippen molar-refractivity contribution in [1.29, 1.82) is 0 Å². The van der Waals surface area contributed by atoms with Crippen molar-refractivity contribution in [2.24, 2.45) is 0 Å². The van der Waals surface area contributed by atoms with Crippen molar-refractivity contribution in [1.82, 2.24) is 9.78 Å². The van der Waals surface area contributed by atoms with Crippen LogP contribution < -0.4 is 5.32 Å². The minimum Gasteiger partial charge on any atom is -0.394 e. The van der Waals surface area contributed by atoms with E-state index in [0.717, 1.165) is 16.1 Å². The number of nitrogens with one attached hydrogen (secondary N) is 1. The number of hydrogen-bond donors (Lipinski definition) is 2. The molecule has 0 fully saturated rings. The van der Waals surface area contributed by atoms with E-state index < -0.39 is 0 Å². The smallest absolute Gasteiger partial charge is 0.267 e. The molecule has 0 unspecified atom stereocenters. The van der Waals surface area contributed by atoms with E-state index in [1.165, 1.54) is 11.3 Å². The number of aromatic nitrogens is 2. The molecule has 0 spiro atoms. The van der Waals surface area contributed by atoms with Crippen LogP contribution in [0.3, 0.4) is 0 Å². The van der Waals surface area contributed by atoms with Gasteiger partial charge >= 0.3 is 0 Å². The zero-order valence-electron chi connectivity index (χ0n) is 11.9. The second kappa shape index (κ2) is 6.43. The Kier molecular flexibility index (Phi) is 4.37. The van der Waals surface area contributed by atoms with Gasteiger partial charge in [-0.25, -0.2) is 4.68 Å². The maximum atomic E-state index is 12.3. The van der Waals surface area contributed by atoms with Crippen molar-refractivity contribution in [2.45, 2.75) is 13.5 Å². The molecule has 114 valence electrons. The fourth-order valence-corrected chi connectivity index (χ4v) is 3.61. The molecule has 0 saturated carbocycles. The second-order valence-electron chi connectivity index (χ2n) is 4.73. The number of thiophene rings is 2. The van der Waals surface area contributed by atoms with Crippen molar-refractivity contribution in [3.63, 3.8) is 0 Å². The molecule has 0 atom stereocenters. The number of carbonyl (C=O) groups excluding carboxylic acids is 1. The lowest BCUT2D eigenvalue weighted by atomic mass is 10.3. The van der Waals surface area contributed by atoms with Crippen molar-refractivity contribution >= 4 is 34.4 Å². The number of nitrogens with zero attached hydrogens (tertiary/aromatic N) is 2. The van der Waals surface area contributed by atoms with Crippen LogP contribution in [-0.2, 0) is 6.54 Å². The summed E-state index contributed by atoms with van der Waals surface area (Å²) >= 11 is 3.00. The lowest BCUT2D eigenvalue weighted by Gasteiger charge is -2.07. The lowest BCUT2D eigenvalue weighted by Crippen LogP contribution is -2.16. The molecule has 2 N–H and O–H groups in total. The van der Waals surface area contributed by atoms with Gasteiger partial charge in [0.2, 0.25) is 0 Å². The SMILES string of the molecule is Cc1ccsc1C(=O)Nc1cc(-c2cccs2)nn1CCO. The van der Waals surface area contributed by atoms with Gasteiger partial charge in [0.25, 0.3) is 5.91 Å². The number of carbonyl (C=O) groups is 1. The molecular formula is C15H15N3O2S2. The normalized spacial score (nSPS) is 10.8. The monoisotopic (exact) mass is 333 g/mol. The standard InChI is InChI=1S/C15H15N3O2S2/c1-10-4-8-22-14(10)15(20)16-13-9-11(12-3-2-7-21-12)17-18(13)5-6-19/h2-4,7-9,19H,5-6H2,1H3,(H,16,20). The third-order valence-electron chi connectivity index (χ3n) is 3.18. The number of amides is 1. The van der Waals surface area contributed by atoms with Gasteiger partial charge in [-0.1, -0.05) is 6.07 Å². The first-order valence-electron chi connectivity index (χ1n) is 6.77. The van der Waals surface area contributed by atoms with Gasteiger partial charge in [-0.3, -0.25) is 4.79 Å². The summed E-state index contributed by atoms with van der Waals surface area (Å²) in [5.74, 6) is 0.444. The number of aryl methyl sites for hydroxylation is 1. The van der Waals surface area contributed by atoms with E-state index in [9.17, 15) is 9.90 Å². The van der Waals surface area contributed by atoms with Crippen LogP contribution >= 0.6 is 22.7 Å². The predicted octanol–water partition coefficient (Wildman–Crippen LogP) is 3.23. The molecule has 7 heteroatoms. The summed E-state index contributed by atoms with van der Waals surface area (Å²) in [6, 6.07) is 7.69. The van der Waals surface area contributed by atoms with Crippen LogP contribution in [0.25, 0.3) is 10.6 Å². The van der Waals surface area contributed by atoms with Crippen molar-refractivity contribution in [3.05, 3.63) is 45.5 Å². The van der Waals surface area contributed by atoms with E-state index in [1.807, 2.05) is 41.9 Å². The van der Waals surface area contributed by atoms with E-state index in [2.05, 4.69) is 10.4 Å². The number of rotatable bonds is 5. The van der Waals surface area contributed by atoms with Crippen LogP contribution in [0, 0.1) is 6.92 Å². The van der Waals surface area contributed by atoms with E-state index in [-0.39, 0.29) is 12.5 Å². The Bertz CT molecular complexity index is 775. The first-order chi connectivity index (χ1) is 10.7. The molecule has 3 aromatic heterocycles.